The average molecular weight is 321 g/mol. The van der Waals surface area contributed by atoms with Gasteiger partial charge in [0.1, 0.15) is 12.4 Å². The van der Waals surface area contributed by atoms with Gasteiger partial charge >= 0.3 is 6.18 Å². The van der Waals surface area contributed by atoms with Gasteiger partial charge in [0.15, 0.2) is 0 Å². The number of carbonyl (C=O) groups excluding carboxylic acids is 1. The van der Waals surface area contributed by atoms with Gasteiger partial charge in [0.05, 0.1) is 17.2 Å². The monoisotopic (exact) mass is 321 g/mol. The lowest BCUT2D eigenvalue weighted by Gasteiger charge is -2.26. The second kappa shape index (κ2) is 5.95. The van der Waals surface area contributed by atoms with Gasteiger partial charge in [0.25, 0.3) is 5.91 Å². The molecule has 2 aromatic rings. The third-order valence-electron chi connectivity index (χ3n) is 3.69. The molecule has 1 N–H and O–H groups in total. The van der Waals surface area contributed by atoms with Gasteiger partial charge in [-0.05, 0) is 30.2 Å². The van der Waals surface area contributed by atoms with Crippen LogP contribution >= 0.6 is 0 Å². The van der Waals surface area contributed by atoms with E-state index in [0.717, 1.165) is 17.4 Å². The van der Waals surface area contributed by atoms with Gasteiger partial charge in [-0.2, -0.15) is 13.2 Å². The third kappa shape index (κ3) is 3.31. The van der Waals surface area contributed by atoms with Gasteiger partial charge in [-0.15, -0.1) is 0 Å². The minimum Gasteiger partial charge on any atom is -0.491 e. The number of amides is 1. The molecule has 6 heteroatoms. The molecule has 0 fully saturated rings. The highest BCUT2D eigenvalue weighted by Crippen LogP contribution is 2.32. The maximum Gasteiger partial charge on any atom is 0.417 e. The highest BCUT2D eigenvalue weighted by Gasteiger charge is 2.35. The maximum absolute atomic E-state index is 13.0. The lowest BCUT2D eigenvalue weighted by atomic mass is 10.0. The molecule has 3 rings (SSSR count). The Morgan fingerprint density at radius 3 is 2.57 bits per heavy atom. The smallest absolute Gasteiger partial charge is 0.417 e. The lowest BCUT2D eigenvalue weighted by molar-refractivity contribution is -0.137. The van der Waals surface area contributed by atoms with Crippen LogP contribution in [0.1, 0.15) is 21.5 Å². The number of nitrogens with one attached hydrogen (secondary N) is 1. The summed E-state index contributed by atoms with van der Waals surface area (Å²) in [7, 11) is 0. The Morgan fingerprint density at radius 1 is 1.09 bits per heavy atom. The van der Waals surface area contributed by atoms with E-state index in [1.54, 1.807) is 0 Å². The van der Waals surface area contributed by atoms with Crippen molar-refractivity contribution < 1.29 is 22.7 Å². The van der Waals surface area contributed by atoms with Gasteiger partial charge in [0.2, 0.25) is 0 Å². The third-order valence-corrected chi connectivity index (χ3v) is 3.69. The molecule has 0 saturated heterocycles. The minimum absolute atomic E-state index is 0.233. The van der Waals surface area contributed by atoms with Crippen molar-refractivity contribution in [3.05, 3.63) is 65.2 Å². The maximum atomic E-state index is 13.0. The van der Waals surface area contributed by atoms with Crippen molar-refractivity contribution in [2.45, 2.75) is 18.6 Å². The first kappa shape index (κ1) is 15.4. The Labute approximate surface area is 131 Å². The number of alkyl halides is 3. The topological polar surface area (TPSA) is 38.3 Å². The zero-order chi connectivity index (χ0) is 16.4. The van der Waals surface area contributed by atoms with Crippen LogP contribution in [0.25, 0.3) is 0 Å². The summed E-state index contributed by atoms with van der Waals surface area (Å²) in [5.74, 6) is -0.000373. The van der Waals surface area contributed by atoms with E-state index >= 15 is 0 Å². The zero-order valence-electron chi connectivity index (χ0n) is 12.1. The summed E-state index contributed by atoms with van der Waals surface area (Å²) in [6.07, 6.45) is -4.04. The number of para-hydroxylation sites is 1. The molecule has 1 aliphatic rings. The van der Waals surface area contributed by atoms with Gasteiger partial charge in [0, 0.05) is 0 Å². The van der Waals surface area contributed by atoms with Crippen molar-refractivity contribution in [3.63, 3.8) is 0 Å². The Hall–Kier alpha value is -2.50. The van der Waals surface area contributed by atoms with Crippen molar-refractivity contribution in [3.8, 4) is 5.75 Å². The van der Waals surface area contributed by atoms with Crippen molar-refractivity contribution in [1.29, 1.82) is 0 Å². The summed E-state index contributed by atoms with van der Waals surface area (Å²) in [5, 5.41) is 2.62. The van der Waals surface area contributed by atoms with E-state index in [4.69, 9.17) is 4.74 Å². The average Bonchev–Trinajstić information content (AvgIpc) is 2.54. The fraction of sp³-hybridized carbons (Fsp3) is 0.235. The molecule has 120 valence electrons. The van der Waals surface area contributed by atoms with Crippen molar-refractivity contribution >= 4 is 5.91 Å². The largest absolute Gasteiger partial charge is 0.491 e. The van der Waals surface area contributed by atoms with Crippen LogP contribution in [0.5, 0.6) is 5.75 Å². The molecule has 0 radical (unpaired) electrons. The molecule has 1 aliphatic heterocycles. The summed E-state index contributed by atoms with van der Waals surface area (Å²) in [5.41, 5.74) is -0.387. The van der Waals surface area contributed by atoms with E-state index in [0.29, 0.717) is 6.42 Å². The number of ether oxygens (including phenoxy) is 1. The van der Waals surface area contributed by atoms with Gasteiger partial charge in [-0.1, -0.05) is 30.3 Å². The first-order valence-electron chi connectivity index (χ1n) is 7.13. The van der Waals surface area contributed by atoms with Crippen LogP contribution in [0.3, 0.4) is 0 Å². The van der Waals surface area contributed by atoms with E-state index < -0.39 is 17.6 Å². The molecular weight excluding hydrogens is 307 g/mol. The number of benzene rings is 2. The van der Waals surface area contributed by atoms with Gasteiger partial charge in [-0.25, -0.2) is 0 Å². The van der Waals surface area contributed by atoms with E-state index in [-0.39, 0.29) is 18.2 Å². The van der Waals surface area contributed by atoms with Crippen molar-refractivity contribution in [1.82, 2.24) is 5.32 Å². The fourth-order valence-electron chi connectivity index (χ4n) is 2.61. The number of hydrogen-bond acceptors (Lipinski definition) is 2. The summed E-state index contributed by atoms with van der Waals surface area (Å²) in [6.45, 7) is 0.233. The second-order valence-electron chi connectivity index (χ2n) is 5.34. The number of carbonyl (C=O) groups is 1. The van der Waals surface area contributed by atoms with Crippen LogP contribution in [0.2, 0.25) is 0 Å². The second-order valence-corrected chi connectivity index (χ2v) is 5.34. The van der Waals surface area contributed by atoms with E-state index in [2.05, 4.69) is 5.32 Å². The molecule has 3 nitrogen and oxygen atoms in total. The highest BCUT2D eigenvalue weighted by atomic mass is 19.4. The Kier molecular flexibility index (Phi) is 3.98. The fourth-order valence-corrected chi connectivity index (χ4v) is 2.61. The van der Waals surface area contributed by atoms with Crippen LogP contribution in [0.4, 0.5) is 13.2 Å². The number of hydrogen-bond donors (Lipinski definition) is 1. The van der Waals surface area contributed by atoms with Crippen LogP contribution in [-0.4, -0.2) is 18.6 Å². The Morgan fingerprint density at radius 2 is 1.78 bits per heavy atom. The molecule has 0 bridgehead atoms. The summed E-state index contributed by atoms with van der Waals surface area (Å²) in [4.78, 5) is 12.2. The highest BCUT2D eigenvalue weighted by molar-refractivity contribution is 5.96. The zero-order valence-corrected chi connectivity index (χ0v) is 12.1. The van der Waals surface area contributed by atoms with Crippen LogP contribution in [0, 0.1) is 0 Å². The molecule has 23 heavy (non-hydrogen) atoms. The van der Waals surface area contributed by atoms with E-state index in [9.17, 15) is 18.0 Å². The Bertz CT molecular complexity index is 728. The summed E-state index contributed by atoms with van der Waals surface area (Å²) in [6, 6.07) is 11.8. The molecule has 0 saturated carbocycles. The minimum atomic E-state index is -4.57. The summed E-state index contributed by atoms with van der Waals surface area (Å²) < 4.78 is 44.5. The standard InChI is InChI=1S/C17H14F3NO2/c18-17(19,20)14-7-3-2-6-13(14)16(22)21-12-9-11-5-1-4-8-15(11)23-10-12/h1-8,12H,9-10H2,(H,21,22)/t12-/m0/s1. The van der Waals surface area contributed by atoms with Crippen molar-refractivity contribution in [2.24, 2.45) is 0 Å². The summed E-state index contributed by atoms with van der Waals surface area (Å²) >= 11 is 0. The van der Waals surface area contributed by atoms with E-state index in [1.807, 2.05) is 24.3 Å². The number of fused-ring (bicyclic) bond motifs is 1. The molecule has 0 aliphatic carbocycles. The van der Waals surface area contributed by atoms with E-state index in [1.165, 1.54) is 18.2 Å². The Balaban J connectivity index is 1.76. The van der Waals surface area contributed by atoms with Crippen LogP contribution in [0.15, 0.2) is 48.5 Å². The molecular formula is C17H14F3NO2. The number of halogens is 3. The molecule has 1 atom stereocenters. The quantitative estimate of drug-likeness (QED) is 0.920. The predicted octanol–water partition coefficient (Wildman–Crippen LogP) is 3.44. The van der Waals surface area contributed by atoms with Crippen molar-refractivity contribution in [2.75, 3.05) is 6.61 Å². The molecule has 1 heterocycles. The van der Waals surface area contributed by atoms with Crippen LogP contribution < -0.4 is 10.1 Å². The first-order chi connectivity index (χ1) is 10.9. The number of rotatable bonds is 2. The lowest BCUT2D eigenvalue weighted by Crippen LogP contribution is -2.43. The molecule has 0 spiro atoms. The molecule has 0 unspecified atom stereocenters. The molecule has 1 amide bonds. The predicted molar refractivity (Wildman–Crippen MR) is 78.3 cm³/mol. The molecule has 0 aromatic heterocycles. The van der Waals surface area contributed by atoms with Crippen LogP contribution in [-0.2, 0) is 12.6 Å². The first-order valence-corrected chi connectivity index (χ1v) is 7.13. The van der Waals surface area contributed by atoms with Gasteiger partial charge in [-0.3, -0.25) is 4.79 Å². The molecule has 2 aromatic carbocycles. The normalized spacial score (nSPS) is 17.1. The SMILES string of the molecule is O=C(N[C@@H]1COc2ccccc2C1)c1ccccc1C(F)(F)F. The van der Waals surface area contributed by atoms with Gasteiger partial charge < -0.3 is 10.1 Å².